The van der Waals surface area contributed by atoms with Crippen molar-refractivity contribution in [2.45, 2.75) is 39.3 Å². The molecule has 2 amide bonds. The molecule has 7 heteroatoms. The van der Waals surface area contributed by atoms with E-state index in [9.17, 15) is 4.79 Å². The maximum Gasteiger partial charge on any atom is 0.323 e. The largest absolute Gasteiger partial charge is 0.495 e. The van der Waals surface area contributed by atoms with Crippen LogP contribution in [-0.4, -0.2) is 32.4 Å². The van der Waals surface area contributed by atoms with Crippen LogP contribution in [-0.2, 0) is 6.54 Å². The van der Waals surface area contributed by atoms with E-state index in [1.54, 1.807) is 7.11 Å². The zero-order valence-corrected chi connectivity index (χ0v) is 23.2. The fourth-order valence-corrected chi connectivity index (χ4v) is 5.50. The number of aromatic nitrogens is 3. The molecule has 2 aromatic heterocycles. The number of nitrogens with one attached hydrogen (secondary N) is 1. The molecule has 0 saturated carbocycles. The third kappa shape index (κ3) is 4.43. The molecule has 1 atom stereocenters. The van der Waals surface area contributed by atoms with Gasteiger partial charge in [-0.25, -0.2) is 9.48 Å². The number of urea groups is 1. The van der Waals surface area contributed by atoms with Gasteiger partial charge >= 0.3 is 6.03 Å². The highest BCUT2D eigenvalue weighted by Crippen LogP contribution is 2.39. The predicted octanol–water partition coefficient (Wildman–Crippen LogP) is 7.24. The van der Waals surface area contributed by atoms with Gasteiger partial charge in [0.15, 0.2) is 0 Å². The third-order valence-electron chi connectivity index (χ3n) is 7.62. The van der Waals surface area contributed by atoms with Gasteiger partial charge in [0.2, 0.25) is 0 Å². The molecule has 3 heterocycles. The molecule has 5 aromatic rings. The standard InChI is InChI=1S/C33H33N5O2/c1-22(2)24-16-18-25(19-17-24)31-29-14-10-20-36(29)32-27(23(3)35-38(32)26-11-6-5-7-12-26)21-37(31)33(39)34-28-13-8-9-15-30(28)40-4/h5-20,22,31H,21H2,1-4H3,(H,34,39). The van der Waals surface area contributed by atoms with Crippen molar-refractivity contribution in [3.8, 4) is 17.3 Å². The molecular formula is C33H33N5O2. The van der Waals surface area contributed by atoms with Gasteiger partial charge in [-0.2, -0.15) is 5.10 Å². The van der Waals surface area contributed by atoms with Crippen LogP contribution in [0.15, 0.2) is 97.2 Å². The Kier molecular flexibility index (Phi) is 6.64. The summed E-state index contributed by atoms with van der Waals surface area (Å²) in [7, 11) is 1.61. The number of benzene rings is 3. The van der Waals surface area contributed by atoms with Gasteiger partial charge in [0.05, 0.1) is 42.5 Å². The number of ether oxygens (including phenoxy) is 1. The Morgan fingerprint density at radius 3 is 2.40 bits per heavy atom. The van der Waals surface area contributed by atoms with E-state index in [0.717, 1.165) is 34.0 Å². The van der Waals surface area contributed by atoms with E-state index in [1.165, 1.54) is 5.56 Å². The second-order valence-corrected chi connectivity index (χ2v) is 10.4. The van der Waals surface area contributed by atoms with Gasteiger partial charge < -0.3 is 19.5 Å². The lowest BCUT2D eigenvalue weighted by Crippen LogP contribution is -2.38. The molecule has 7 nitrogen and oxygen atoms in total. The first-order valence-electron chi connectivity index (χ1n) is 13.6. The summed E-state index contributed by atoms with van der Waals surface area (Å²) in [4.78, 5) is 16.1. The van der Waals surface area contributed by atoms with E-state index in [1.807, 2.05) is 65.0 Å². The normalized spacial score (nSPS) is 14.4. The van der Waals surface area contributed by atoms with Crippen molar-refractivity contribution in [3.05, 3.63) is 125 Å². The number of para-hydroxylation sites is 3. The molecule has 1 aliphatic heterocycles. The Balaban J connectivity index is 1.52. The first-order valence-corrected chi connectivity index (χ1v) is 13.6. The molecule has 0 radical (unpaired) electrons. The van der Waals surface area contributed by atoms with Crippen LogP contribution in [0.5, 0.6) is 5.75 Å². The molecule has 0 spiro atoms. The number of carbonyl (C=O) groups is 1. The lowest BCUT2D eigenvalue weighted by molar-refractivity contribution is 0.194. The number of hydrogen-bond acceptors (Lipinski definition) is 3. The van der Waals surface area contributed by atoms with Gasteiger partial charge in [0.25, 0.3) is 0 Å². The van der Waals surface area contributed by atoms with Crippen LogP contribution in [0.25, 0.3) is 11.5 Å². The number of aryl methyl sites for hydroxylation is 1. The van der Waals surface area contributed by atoms with E-state index in [0.29, 0.717) is 23.9 Å². The number of anilines is 1. The summed E-state index contributed by atoms with van der Waals surface area (Å²) in [5.74, 6) is 1.97. The smallest absolute Gasteiger partial charge is 0.323 e. The van der Waals surface area contributed by atoms with Crippen molar-refractivity contribution in [3.63, 3.8) is 0 Å². The van der Waals surface area contributed by atoms with Crippen molar-refractivity contribution >= 4 is 11.7 Å². The van der Waals surface area contributed by atoms with Crippen LogP contribution in [0.1, 0.15) is 53.9 Å². The zero-order chi connectivity index (χ0) is 27.8. The number of hydrogen-bond donors (Lipinski definition) is 1. The van der Waals surface area contributed by atoms with Gasteiger partial charge in [-0.1, -0.05) is 68.4 Å². The highest BCUT2D eigenvalue weighted by molar-refractivity contribution is 5.91. The number of fused-ring (bicyclic) bond motifs is 3. The van der Waals surface area contributed by atoms with Crippen LogP contribution in [0, 0.1) is 6.92 Å². The van der Waals surface area contributed by atoms with Crippen molar-refractivity contribution in [1.82, 2.24) is 19.2 Å². The Morgan fingerprint density at radius 2 is 1.68 bits per heavy atom. The molecule has 1 N–H and O–H groups in total. The second kappa shape index (κ2) is 10.4. The molecule has 40 heavy (non-hydrogen) atoms. The van der Waals surface area contributed by atoms with Gasteiger partial charge in [-0.15, -0.1) is 0 Å². The minimum Gasteiger partial charge on any atom is -0.495 e. The summed E-state index contributed by atoms with van der Waals surface area (Å²) >= 11 is 0. The summed E-state index contributed by atoms with van der Waals surface area (Å²) in [6.07, 6.45) is 2.06. The summed E-state index contributed by atoms with van der Waals surface area (Å²) in [6, 6.07) is 29.8. The van der Waals surface area contributed by atoms with Crippen molar-refractivity contribution in [2.24, 2.45) is 0 Å². The number of amides is 2. The fourth-order valence-electron chi connectivity index (χ4n) is 5.50. The maximum atomic E-state index is 14.2. The minimum atomic E-state index is -0.332. The lowest BCUT2D eigenvalue weighted by atomic mass is 9.97. The molecule has 0 aliphatic carbocycles. The number of nitrogens with zero attached hydrogens (tertiary/aromatic N) is 4. The fraction of sp³-hybridized carbons (Fsp3) is 0.212. The molecule has 0 fully saturated rings. The van der Waals surface area contributed by atoms with Gasteiger partial charge in [0.1, 0.15) is 11.6 Å². The summed E-state index contributed by atoms with van der Waals surface area (Å²) < 4.78 is 9.69. The van der Waals surface area contributed by atoms with E-state index in [4.69, 9.17) is 9.84 Å². The van der Waals surface area contributed by atoms with E-state index in [2.05, 4.69) is 72.4 Å². The first kappa shape index (κ1) is 25.5. The van der Waals surface area contributed by atoms with Gasteiger partial charge in [-0.05, 0) is 60.4 Å². The number of methoxy groups -OCH3 is 1. The SMILES string of the molecule is COc1ccccc1NC(=O)N1Cc2c(C)nn(-c3ccccc3)c2-n2cccc2C1c1ccc(C(C)C)cc1. The van der Waals surface area contributed by atoms with Crippen LogP contribution in [0.2, 0.25) is 0 Å². The van der Waals surface area contributed by atoms with E-state index in [-0.39, 0.29) is 12.1 Å². The minimum absolute atomic E-state index is 0.213. The third-order valence-corrected chi connectivity index (χ3v) is 7.62. The van der Waals surface area contributed by atoms with Crippen LogP contribution in [0.3, 0.4) is 0 Å². The number of rotatable bonds is 5. The Bertz CT molecular complexity index is 1650. The van der Waals surface area contributed by atoms with Crippen LogP contribution in [0.4, 0.5) is 10.5 Å². The summed E-state index contributed by atoms with van der Waals surface area (Å²) in [6.45, 7) is 6.77. The molecule has 0 bridgehead atoms. The molecule has 202 valence electrons. The monoisotopic (exact) mass is 531 g/mol. The van der Waals surface area contributed by atoms with E-state index < -0.39 is 0 Å². The summed E-state index contributed by atoms with van der Waals surface area (Å²) in [5, 5.41) is 8.06. The topological polar surface area (TPSA) is 64.3 Å². The van der Waals surface area contributed by atoms with Gasteiger partial charge in [0, 0.05) is 11.8 Å². The molecule has 6 rings (SSSR count). The molecule has 1 aliphatic rings. The van der Waals surface area contributed by atoms with E-state index >= 15 is 0 Å². The van der Waals surface area contributed by atoms with Crippen LogP contribution >= 0.6 is 0 Å². The molecule has 3 aromatic carbocycles. The van der Waals surface area contributed by atoms with Crippen molar-refractivity contribution < 1.29 is 9.53 Å². The highest BCUT2D eigenvalue weighted by atomic mass is 16.5. The maximum absolute atomic E-state index is 14.2. The Morgan fingerprint density at radius 1 is 0.950 bits per heavy atom. The average Bonchev–Trinajstić information content (AvgIpc) is 3.54. The zero-order valence-electron chi connectivity index (χ0n) is 23.2. The quantitative estimate of drug-likeness (QED) is 0.260. The second-order valence-electron chi connectivity index (χ2n) is 10.4. The summed E-state index contributed by atoms with van der Waals surface area (Å²) in [5.41, 5.74) is 6.76. The van der Waals surface area contributed by atoms with Crippen LogP contribution < -0.4 is 10.1 Å². The molecular weight excluding hydrogens is 498 g/mol. The average molecular weight is 532 g/mol. The van der Waals surface area contributed by atoms with Crippen molar-refractivity contribution in [2.75, 3.05) is 12.4 Å². The molecule has 1 unspecified atom stereocenters. The molecule has 0 saturated heterocycles. The number of carbonyl (C=O) groups excluding carboxylic acids is 1. The first-order chi connectivity index (χ1) is 19.5. The highest BCUT2D eigenvalue weighted by Gasteiger charge is 2.36. The Labute approximate surface area is 234 Å². The van der Waals surface area contributed by atoms with Crippen molar-refractivity contribution in [1.29, 1.82) is 0 Å². The lowest BCUT2D eigenvalue weighted by Gasteiger charge is -2.31. The Hall–Kier alpha value is -4.78. The van der Waals surface area contributed by atoms with Gasteiger partial charge in [-0.3, -0.25) is 0 Å². The predicted molar refractivity (Wildman–Crippen MR) is 158 cm³/mol.